The van der Waals surface area contributed by atoms with Gasteiger partial charge in [0.1, 0.15) is 0 Å². The van der Waals surface area contributed by atoms with Crippen molar-refractivity contribution < 1.29 is 4.79 Å². The number of aromatic nitrogens is 2. The maximum atomic E-state index is 13.2. The summed E-state index contributed by atoms with van der Waals surface area (Å²) in [6.45, 7) is 1.62. The van der Waals surface area contributed by atoms with E-state index in [-0.39, 0.29) is 11.2 Å². The van der Waals surface area contributed by atoms with E-state index >= 15 is 0 Å². The van der Waals surface area contributed by atoms with Gasteiger partial charge in [0.15, 0.2) is 5.78 Å². The van der Waals surface area contributed by atoms with E-state index in [0.29, 0.717) is 6.42 Å². The highest BCUT2D eigenvalue weighted by atomic mass is 32.1. The molecule has 1 aromatic carbocycles. The number of carbonyl (C=O) groups excluding carboxylic acids is 1. The first-order valence-electron chi connectivity index (χ1n) is 7.47. The van der Waals surface area contributed by atoms with Crippen LogP contribution in [0.2, 0.25) is 0 Å². The molecule has 1 saturated heterocycles. The number of nitrogens with one attached hydrogen (secondary N) is 2. The molecule has 1 unspecified atom stereocenters. The Morgan fingerprint density at radius 2 is 2.32 bits per heavy atom. The van der Waals surface area contributed by atoms with Crippen LogP contribution >= 0.6 is 11.3 Å². The number of Topliss-reactive ketones (excluding diaryl/α,β-unsaturated/α-hetero) is 1. The quantitative estimate of drug-likeness (QED) is 0.728. The van der Waals surface area contributed by atoms with Gasteiger partial charge in [0.05, 0.1) is 16.6 Å². The molecule has 112 valence electrons. The summed E-state index contributed by atoms with van der Waals surface area (Å²) in [6, 6.07) is 7.92. The van der Waals surface area contributed by atoms with Crippen molar-refractivity contribution in [3.63, 3.8) is 0 Å². The largest absolute Gasteiger partial charge is 0.361 e. The zero-order chi connectivity index (χ0) is 15.0. The molecule has 0 bridgehead atoms. The van der Waals surface area contributed by atoms with Gasteiger partial charge in [-0.05, 0) is 37.2 Å². The summed E-state index contributed by atoms with van der Waals surface area (Å²) in [5, 5.41) is 6.49. The van der Waals surface area contributed by atoms with E-state index in [1.165, 1.54) is 0 Å². The number of thiazole rings is 1. The van der Waals surface area contributed by atoms with Crippen molar-refractivity contribution >= 4 is 28.0 Å². The lowest BCUT2D eigenvalue weighted by Crippen LogP contribution is -2.36. The molecule has 2 N–H and O–H groups in total. The Hall–Kier alpha value is -1.98. The molecule has 1 aliphatic heterocycles. The first-order valence-corrected chi connectivity index (χ1v) is 8.41. The zero-order valence-corrected chi connectivity index (χ0v) is 13.0. The molecule has 1 aliphatic rings. The first-order chi connectivity index (χ1) is 10.8. The molecule has 3 aromatic rings. The fourth-order valence-electron chi connectivity index (χ4n) is 3.34. The molecular weight excluding hydrogens is 294 g/mol. The van der Waals surface area contributed by atoms with Crippen LogP contribution in [-0.2, 0) is 6.42 Å². The lowest BCUT2D eigenvalue weighted by Gasteiger charge is -2.26. The highest BCUT2D eigenvalue weighted by Crippen LogP contribution is 2.34. The van der Waals surface area contributed by atoms with Crippen LogP contribution < -0.4 is 5.32 Å². The monoisotopic (exact) mass is 311 g/mol. The fraction of sp³-hybridized carbons (Fsp3) is 0.294. The molecule has 4 rings (SSSR count). The Kier molecular flexibility index (Phi) is 3.32. The molecule has 1 atom stereocenters. The topological polar surface area (TPSA) is 57.8 Å². The SMILES string of the molecule is O=C(c1ccc2[nH]ccc2c1)C1(Cc2cscn2)CCNC1. The van der Waals surface area contributed by atoms with Gasteiger partial charge in [0, 0.05) is 41.0 Å². The van der Waals surface area contributed by atoms with Gasteiger partial charge in [-0.25, -0.2) is 4.98 Å². The fourth-order valence-corrected chi connectivity index (χ4v) is 3.90. The molecule has 5 heteroatoms. The van der Waals surface area contributed by atoms with Crippen molar-refractivity contribution in [2.75, 3.05) is 13.1 Å². The third-order valence-electron chi connectivity index (χ3n) is 4.54. The molecule has 4 nitrogen and oxygen atoms in total. The van der Waals surface area contributed by atoms with Crippen LogP contribution in [0.1, 0.15) is 22.5 Å². The molecule has 22 heavy (non-hydrogen) atoms. The molecule has 2 aromatic heterocycles. The number of rotatable bonds is 4. The van der Waals surface area contributed by atoms with Gasteiger partial charge >= 0.3 is 0 Å². The second-order valence-corrected chi connectivity index (χ2v) is 6.69. The summed E-state index contributed by atoms with van der Waals surface area (Å²) in [7, 11) is 0. The van der Waals surface area contributed by atoms with Gasteiger partial charge in [-0.2, -0.15) is 0 Å². The number of ketones is 1. The van der Waals surface area contributed by atoms with Crippen LogP contribution in [0.25, 0.3) is 10.9 Å². The minimum atomic E-state index is -0.363. The van der Waals surface area contributed by atoms with Crippen molar-refractivity contribution in [3.8, 4) is 0 Å². The number of carbonyl (C=O) groups is 1. The van der Waals surface area contributed by atoms with Gasteiger partial charge in [-0.15, -0.1) is 11.3 Å². The summed E-state index contributed by atoms with van der Waals surface area (Å²) in [5.74, 6) is 0.230. The van der Waals surface area contributed by atoms with E-state index in [1.807, 2.05) is 41.4 Å². The number of benzene rings is 1. The minimum Gasteiger partial charge on any atom is -0.361 e. The number of hydrogen-bond donors (Lipinski definition) is 2. The van der Waals surface area contributed by atoms with Gasteiger partial charge in [0.25, 0.3) is 0 Å². The molecule has 0 radical (unpaired) electrons. The smallest absolute Gasteiger partial charge is 0.170 e. The average molecular weight is 311 g/mol. The van der Waals surface area contributed by atoms with Gasteiger partial charge in [0.2, 0.25) is 0 Å². The van der Waals surface area contributed by atoms with Crippen LogP contribution in [0.4, 0.5) is 0 Å². The number of aromatic amines is 1. The molecule has 0 amide bonds. The Morgan fingerprint density at radius 3 is 3.09 bits per heavy atom. The molecular formula is C17H17N3OS. The highest BCUT2D eigenvalue weighted by molar-refractivity contribution is 7.07. The predicted molar refractivity (Wildman–Crippen MR) is 88.4 cm³/mol. The van der Waals surface area contributed by atoms with E-state index < -0.39 is 0 Å². The lowest BCUT2D eigenvalue weighted by atomic mass is 9.76. The Labute approximate surface area is 132 Å². The predicted octanol–water partition coefficient (Wildman–Crippen LogP) is 3.03. The van der Waals surface area contributed by atoms with Gasteiger partial charge < -0.3 is 10.3 Å². The normalized spacial score (nSPS) is 21.5. The molecule has 1 fully saturated rings. The summed E-state index contributed by atoms with van der Waals surface area (Å²) in [5.41, 5.74) is 4.35. The van der Waals surface area contributed by atoms with Crippen molar-refractivity contribution in [3.05, 3.63) is 52.6 Å². The Bertz CT molecular complexity index is 800. The first kappa shape index (κ1) is 13.7. The van der Waals surface area contributed by atoms with Crippen molar-refractivity contribution in [1.29, 1.82) is 0 Å². The van der Waals surface area contributed by atoms with E-state index in [1.54, 1.807) is 11.3 Å². The lowest BCUT2D eigenvalue weighted by molar-refractivity contribution is 0.0815. The molecule has 3 heterocycles. The third kappa shape index (κ3) is 2.26. The summed E-state index contributed by atoms with van der Waals surface area (Å²) >= 11 is 1.59. The highest BCUT2D eigenvalue weighted by Gasteiger charge is 2.42. The second kappa shape index (κ2) is 5.34. The molecule has 0 saturated carbocycles. The number of hydrogen-bond acceptors (Lipinski definition) is 4. The van der Waals surface area contributed by atoms with E-state index in [2.05, 4.69) is 15.3 Å². The van der Waals surface area contributed by atoms with Crippen LogP contribution in [0.15, 0.2) is 41.4 Å². The average Bonchev–Trinajstić information content (AvgIpc) is 3.28. The van der Waals surface area contributed by atoms with Crippen LogP contribution in [0.5, 0.6) is 0 Å². The summed E-state index contributed by atoms with van der Waals surface area (Å²) < 4.78 is 0. The van der Waals surface area contributed by atoms with Crippen LogP contribution in [-0.4, -0.2) is 28.8 Å². The van der Waals surface area contributed by atoms with Crippen molar-refractivity contribution in [1.82, 2.24) is 15.3 Å². The Balaban J connectivity index is 1.70. The van der Waals surface area contributed by atoms with Crippen molar-refractivity contribution in [2.45, 2.75) is 12.8 Å². The molecule has 0 spiro atoms. The number of H-pyrrole nitrogens is 1. The van der Waals surface area contributed by atoms with Gasteiger partial charge in [-0.1, -0.05) is 0 Å². The van der Waals surface area contributed by atoms with Gasteiger partial charge in [-0.3, -0.25) is 4.79 Å². The maximum Gasteiger partial charge on any atom is 0.170 e. The second-order valence-electron chi connectivity index (χ2n) is 5.97. The van der Waals surface area contributed by atoms with E-state index in [9.17, 15) is 4.79 Å². The van der Waals surface area contributed by atoms with E-state index in [4.69, 9.17) is 0 Å². The number of nitrogens with zero attached hydrogens (tertiary/aromatic N) is 1. The Morgan fingerprint density at radius 1 is 1.36 bits per heavy atom. The van der Waals surface area contributed by atoms with Crippen LogP contribution in [0, 0.1) is 5.41 Å². The number of fused-ring (bicyclic) bond motifs is 1. The van der Waals surface area contributed by atoms with Crippen LogP contribution in [0.3, 0.4) is 0 Å². The standard InChI is InChI=1S/C17H17N3OS/c21-16(13-1-2-15-12(7-13)3-5-19-15)17(4-6-18-10-17)8-14-9-22-11-20-14/h1-3,5,7,9,11,18-19H,4,6,8,10H2. The third-order valence-corrected chi connectivity index (χ3v) is 5.18. The maximum absolute atomic E-state index is 13.2. The van der Waals surface area contributed by atoms with Crippen molar-refractivity contribution in [2.24, 2.45) is 5.41 Å². The minimum absolute atomic E-state index is 0.230. The summed E-state index contributed by atoms with van der Waals surface area (Å²) in [4.78, 5) is 20.7. The molecule has 0 aliphatic carbocycles. The van der Waals surface area contributed by atoms with E-state index in [0.717, 1.165) is 41.7 Å². The zero-order valence-electron chi connectivity index (χ0n) is 12.1. The summed E-state index contributed by atoms with van der Waals surface area (Å²) in [6.07, 6.45) is 3.49.